The molecule has 0 nitrogen and oxygen atoms in total. The van der Waals surface area contributed by atoms with Crippen LogP contribution in [0.15, 0.2) is 158 Å². The Kier molecular flexibility index (Phi) is 6.67. The van der Waals surface area contributed by atoms with Crippen molar-refractivity contribution in [2.75, 3.05) is 0 Å². The first-order valence-corrected chi connectivity index (χ1v) is 16.0. The lowest BCUT2D eigenvalue weighted by molar-refractivity contribution is 1.63. The van der Waals surface area contributed by atoms with E-state index < -0.39 is 0 Å². The Labute approximate surface area is 261 Å². The Morgan fingerprint density at radius 2 is 1.05 bits per heavy atom. The first-order chi connectivity index (χ1) is 21.8. The van der Waals surface area contributed by atoms with Crippen molar-refractivity contribution in [3.8, 4) is 33.4 Å². The zero-order valence-electron chi connectivity index (χ0n) is 24.5. The third kappa shape index (κ3) is 4.54. The largest absolute Gasteiger partial charge is 0.134 e. The van der Waals surface area contributed by atoms with E-state index in [9.17, 15) is 0 Å². The molecule has 0 unspecified atom stereocenters. The van der Waals surface area contributed by atoms with E-state index in [1.54, 1.807) is 0 Å². The molecule has 7 aromatic carbocycles. The van der Waals surface area contributed by atoms with Crippen LogP contribution in [0.2, 0.25) is 0 Å². The highest BCUT2D eigenvalue weighted by Gasteiger charge is 2.14. The van der Waals surface area contributed by atoms with Gasteiger partial charge in [-0.2, -0.15) is 0 Å². The molecule has 0 spiro atoms. The zero-order chi connectivity index (χ0) is 29.5. The summed E-state index contributed by atoms with van der Waals surface area (Å²) in [5.74, 6) is 0. The monoisotopic (exact) mass is 578 g/mol. The van der Waals surface area contributed by atoms with Crippen LogP contribution in [0.4, 0.5) is 0 Å². The van der Waals surface area contributed by atoms with Gasteiger partial charge in [-0.1, -0.05) is 146 Å². The van der Waals surface area contributed by atoms with Gasteiger partial charge in [0, 0.05) is 20.2 Å². The van der Waals surface area contributed by atoms with Crippen molar-refractivity contribution in [3.63, 3.8) is 0 Å². The fraction of sp³-hybridized carbons (Fsp3) is 0.0233. The molecule has 0 aliphatic heterocycles. The van der Waals surface area contributed by atoms with E-state index >= 15 is 0 Å². The SMILES string of the molecule is C/C=C\C=C/c1cc2cc(-c3cccc(-c4cccc5c4sc4c(-c6ccccc6)cccc45)c3)ccc2c2ccccc12. The molecule has 0 saturated carbocycles. The number of thiophene rings is 1. The van der Waals surface area contributed by atoms with Crippen molar-refractivity contribution >= 4 is 59.1 Å². The molecule has 0 aliphatic carbocycles. The van der Waals surface area contributed by atoms with Crippen LogP contribution in [0, 0.1) is 0 Å². The van der Waals surface area contributed by atoms with Crippen LogP contribution in [-0.2, 0) is 0 Å². The standard InChI is InChI=1S/C43H30S/c1-2-3-5-15-32-28-34-27-31(24-25-36(34)39-19-9-8-18-35(32)39)30-16-10-17-33(26-30)38-21-12-23-41-40-22-11-20-37(42(40)44-43(38)41)29-13-6-4-7-14-29/h2-28H,1H3/b3-2-,15-5-. The minimum Gasteiger partial charge on any atom is -0.134 e. The van der Waals surface area contributed by atoms with Gasteiger partial charge in [0.25, 0.3) is 0 Å². The molecular weight excluding hydrogens is 549 g/mol. The fourth-order valence-corrected chi connectivity index (χ4v) is 7.86. The van der Waals surface area contributed by atoms with Crippen molar-refractivity contribution < 1.29 is 0 Å². The number of hydrogen-bond acceptors (Lipinski definition) is 1. The molecule has 1 heteroatoms. The molecule has 0 aliphatic rings. The van der Waals surface area contributed by atoms with Gasteiger partial charge < -0.3 is 0 Å². The van der Waals surface area contributed by atoms with Crippen molar-refractivity contribution in [2.24, 2.45) is 0 Å². The molecule has 0 bridgehead atoms. The molecule has 1 aromatic heterocycles. The molecule has 0 amide bonds. The van der Waals surface area contributed by atoms with E-state index in [1.807, 2.05) is 18.3 Å². The Balaban J connectivity index is 1.26. The van der Waals surface area contributed by atoms with E-state index in [1.165, 1.54) is 80.7 Å². The van der Waals surface area contributed by atoms with Crippen molar-refractivity contribution in [1.82, 2.24) is 0 Å². The van der Waals surface area contributed by atoms with Crippen LogP contribution in [-0.4, -0.2) is 0 Å². The van der Waals surface area contributed by atoms with Gasteiger partial charge in [0.1, 0.15) is 0 Å². The summed E-state index contributed by atoms with van der Waals surface area (Å²) >= 11 is 1.91. The number of benzene rings is 7. The maximum Gasteiger partial charge on any atom is 0.0434 e. The predicted molar refractivity (Wildman–Crippen MR) is 194 cm³/mol. The normalized spacial score (nSPS) is 12.0. The van der Waals surface area contributed by atoms with Crippen molar-refractivity contribution in [1.29, 1.82) is 0 Å². The Morgan fingerprint density at radius 1 is 0.432 bits per heavy atom. The summed E-state index contributed by atoms with van der Waals surface area (Å²) < 4.78 is 2.68. The first kappa shape index (κ1) is 26.4. The molecule has 0 atom stereocenters. The topological polar surface area (TPSA) is 0 Å². The summed E-state index contributed by atoms with van der Waals surface area (Å²) in [7, 11) is 0. The van der Waals surface area contributed by atoms with Crippen LogP contribution >= 0.6 is 11.3 Å². The summed E-state index contributed by atoms with van der Waals surface area (Å²) in [5.41, 5.74) is 8.79. The van der Waals surface area contributed by atoms with Gasteiger partial charge in [0.05, 0.1) is 0 Å². The Bertz CT molecular complexity index is 2390. The molecule has 8 rings (SSSR count). The fourth-order valence-electron chi connectivity index (χ4n) is 6.49. The maximum atomic E-state index is 2.35. The van der Waals surface area contributed by atoms with E-state index in [-0.39, 0.29) is 0 Å². The first-order valence-electron chi connectivity index (χ1n) is 15.1. The second-order valence-corrected chi connectivity index (χ2v) is 12.3. The predicted octanol–water partition coefficient (Wildman–Crippen LogP) is 13.0. The lowest BCUT2D eigenvalue weighted by Crippen LogP contribution is -1.85. The number of rotatable bonds is 5. The van der Waals surface area contributed by atoms with Gasteiger partial charge >= 0.3 is 0 Å². The van der Waals surface area contributed by atoms with Crippen LogP contribution < -0.4 is 0 Å². The maximum absolute atomic E-state index is 2.35. The lowest BCUT2D eigenvalue weighted by atomic mass is 9.93. The lowest BCUT2D eigenvalue weighted by Gasteiger charge is -2.11. The van der Waals surface area contributed by atoms with Crippen LogP contribution in [0.3, 0.4) is 0 Å². The molecule has 1 heterocycles. The van der Waals surface area contributed by atoms with Crippen LogP contribution in [0.1, 0.15) is 12.5 Å². The quantitative estimate of drug-likeness (QED) is 0.141. The van der Waals surface area contributed by atoms with E-state index in [4.69, 9.17) is 0 Å². The third-order valence-corrected chi connectivity index (χ3v) is 9.87. The van der Waals surface area contributed by atoms with E-state index in [0.29, 0.717) is 0 Å². The van der Waals surface area contributed by atoms with Crippen molar-refractivity contribution in [2.45, 2.75) is 6.92 Å². The summed E-state index contributed by atoms with van der Waals surface area (Å²) in [6.07, 6.45) is 8.48. The molecule has 8 aromatic rings. The summed E-state index contributed by atoms with van der Waals surface area (Å²) in [5, 5.41) is 7.76. The molecular formula is C43H30S. The number of hydrogen-bond donors (Lipinski definition) is 0. The van der Waals surface area contributed by atoms with Crippen LogP contribution in [0.25, 0.3) is 81.2 Å². The van der Waals surface area contributed by atoms with E-state index in [2.05, 4.69) is 164 Å². The van der Waals surface area contributed by atoms with Crippen LogP contribution in [0.5, 0.6) is 0 Å². The smallest absolute Gasteiger partial charge is 0.0434 e. The highest BCUT2D eigenvalue weighted by Crippen LogP contribution is 2.44. The molecule has 0 saturated heterocycles. The minimum atomic E-state index is 1.23. The zero-order valence-corrected chi connectivity index (χ0v) is 25.3. The third-order valence-electron chi connectivity index (χ3n) is 8.59. The van der Waals surface area contributed by atoms with Crippen molar-refractivity contribution in [3.05, 3.63) is 163 Å². The molecule has 0 radical (unpaired) electrons. The average Bonchev–Trinajstić information content (AvgIpc) is 3.48. The highest BCUT2D eigenvalue weighted by molar-refractivity contribution is 7.26. The van der Waals surface area contributed by atoms with Gasteiger partial charge in [0.15, 0.2) is 0 Å². The number of fused-ring (bicyclic) bond motifs is 6. The number of allylic oxidation sites excluding steroid dienone is 3. The Hall–Kier alpha value is -5.24. The molecule has 44 heavy (non-hydrogen) atoms. The second kappa shape index (κ2) is 11.1. The minimum absolute atomic E-state index is 1.23. The average molecular weight is 579 g/mol. The highest BCUT2D eigenvalue weighted by atomic mass is 32.1. The Morgan fingerprint density at radius 3 is 1.82 bits per heavy atom. The summed E-state index contributed by atoms with van der Waals surface area (Å²) in [6.45, 7) is 2.05. The summed E-state index contributed by atoms with van der Waals surface area (Å²) in [4.78, 5) is 0. The van der Waals surface area contributed by atoms with Gasteiger partial charge in [-0.25, -0.2) is 0 Å². The van der Waals surface area contributed by atoms with Gasteiger partial charge in [-0.15, -0.1) is 11.3 Å². The van der Waals surface area contributed by atoms with E-state index in [0.717, 1.165) is 0 Å². The molecule has 0 N–H and O–H groups in total. The van der Waals surface area contributed by atoms with Gasteiger partial charge in [-0.05, 0) is 85.6 Å². The van der Waals surface area contributed by atoms with Gasteiger partial charge in [-0.3, -0.25) is 0 Å². The molecule has 0 fully saturated rings. The molecule has 208 valence electrons. The summed E-state index contributed by atoms with van der Waals surface area (Å²) in [6, 6.07) is 51.2. The van der Waals surface area contributed by atoms with Gasteiger partial charge in [0.2, 0.25) is 0 Å². The second-order valence-electron chi connectivity index (χ2n) is 11.2.